The van der Waals surface area contributed by atoms with Gasteiger partial charge in [0.25, 0.3) is 5.91 Å². The second-order valence-electron chi connectivity index (χ2n) is 5.91. The zero-order chi connectivity index (χ0) is 15.5. The minimum atomic E-state index is 0.00466. The second kappa shape index (κ2) is 6.32. The number of amides is 1. The highest BCUT2D eigenvalue weighted by Gasteiger charge is 2.24. The smallest absolute Gasteiger partial charge is 0.274 e. The van der Waals surface area contributed by atoms with E-state index in [1.165, 1.54) is 0 Å². The Hall–Kier alpha value is -2.14. The lowest BCUT2D eigenvalue weighted by atomic mass is 10.1. The average Bonchev–Trinajstić information content (AvgIpc) is 2.79. The van der Waals surface area contributed by atoms with E-state index in [-0.39, 0.29) is 11.9 Å². The Labute approximate surface area is 130 Å². The fourth-order valence-electron chi connectivity index (χ4n) is 2.88. The molecule has 0 spiro atoms. The first-order valence-corrected chi connectivity index (χ1v) is 7.82. The Bertz CT molecular complexity index is 650. The molecule has 1 aliphatic rings. The molecular weight excluding hydrogens is 276 g/mol. The summed E-state index contributed by atoms with van der Waals surface area (Å²) in [5.74, 6) is 0.748. The summed E-state index contributed by atoms with van der Waals surface area (Å²) >= 11 is 0. The molecule has 1 saturated heterocycles. The largest absolute Gasteiger partial charge is 0.341 e. The number of hydrogen-bond acceptors (Lipinski definition) is 3. The van der Waals surface area contributed by atoms with Gasteiger partial charge in [0, 0.05) is 30.4 Å². The van der Waals surface area contributed by atoms with E-state index < -0.39 is 0 Å². The van der Waals surface area contributed by atoms with Crippen LogP contribution in [0.3, 0.4) is 0 Å². The molecule has 5 nitrogen and oxygen atoms in total. The monoisotopic (exact) mass is 298 g/mol. The maximum Gasteiger partial charge on any atom is 0.274 e. The number of imidazole rings is 1. The summed E-state index contributed by atoms with van der Waals surface area (Å²) in [5, 5.41) is 0. The van der Waals surface area contributed by atoms with E-state index in [0.717, 1.165) is 42.9 Å². The molecule has 22 heavy (non-hydrogen) atoms. The van der Waals surface area contributed by atoms with Crippen molar-refractivity contribution in [1.82, 2.24) is 14.9 Å². The number of H-pyrrole nitrogens is 1. The Morgan fingerprint density at radius 2 is 2.05 bits per heavy atom. The quantitative estimate of drug-likeness (QED) is 0.893. The zero-order valence-corrected chi connectivity index (χ0v) is 12.9. The van der Waals surface area contributed by atoms with Crippen molar-refractivity contribution in [3.8, 4) is 11.4 Å². The summed E-state index contributed by atoms with van der Waals surface area (Å²) < 4.78 is 0. The highest BCUT2D eigenvalue weighted by Crippen LogP contribution is 2.20. The molecule has 1 aromatic carbocycles. The molecule has 3 N–H and O–H groups in total. The molecule has 1 aliphatic heterocycles. The van der Waals surface area contributed by atoms with E-state index in [2.05, 4.69) is 9.97 Å². The minimum absolute atomic E-state index is 0.00466. The molecule has 2 aromatic rings. The second-order valence-corrected chi connectivity index (χ2v) is 5.91. The normalized spacial score (nSPS) is 19.0. The SMILES string of the molecule is Cc1[nH]c(-c2ccccc2)nc1C(=O)N1CCCC(N)CC1. The van der Waals surface area contributed by atoms with Gasteiger partial charge in [-0.1, -0.05) is 30.3 Å². The van der Waals surface area contributed by atoms with Crippen molar-refractivity contribution in [2.75, 3.05) is 13.1 Å². The van der Waals surface area contributed by atoms with Crippen molar-refractivity contribution in [3.63, 3.8) is 0 Å². The van der Waals surface area contributed by atoms with Crippen LogP contribution in [-0.4, -0.2) is 39.9 Å². The molecule has 0 bridgehead atoms. The number of carbonyl (C=O) groups is 1. The van der Waals surface area contributed by atoms with Crippen LogP contribution in [0.2, 0.25) is 0 Å². The van der Waals surface area contributed by atoms with Crippen molar-refractivity contribution in [1.29, 1.82) is 0 Å². The maximum absolute atomic E-state index is 12.7. The van der Waals surface area contributed by atoms with Crippen LogP contribution in [0.15, 0.2) is 30.3 Å². The number of rotatable bonds is 2. The van der Waals surface area contributed by atoms with Gasteiger partial charge in [0.1, 0.15) is 11.5 Å². The van der Waals surface area contributed by atoms with Crippen LogP contribution in [0.1, 0.15) is 35.4 Å². The molecule has 5 heteroatoms. The van der Waals surface area contributed by atoms with Gasteiger partial charge in [-0.05, 0) is 26.2 Å². The molecule has 1 unspecified atom stereocenters. The molecule has 1 atom stereocenters. The van der Waals surface area contributed by atoms with Gasteiger partial charge in [-0.25, -0.2) is 4.98 Å². The molecule has 3 rings (SSSR count). The van der Waals surface area contributed by atoms with E-state index in [9.17, 15) is 4.79 Å². The molecule has 1 amide bonds. The van der Waals surface area contributed by atoms with E-state index in [1.807, 2.05) is 42.2 Å². The number of benzene rings is 1. The van der Waals surface area contributed by atoms with Gasteiger partial charge in [0.2, 0.25) is 0 Å². The average molecular weight is 298 g/mol. The predicted octanol–water partition coefficient (Wildman–Crippen LogP) is 2.34. The van der Waals surface area contributed by atoms with Crippen LogP contribution >= 0.6 is 0 Å². The lowest BCUT2D eigenvalue weighted by Gasteiger charge is -2.19. The van der Waals surface area contributed by atoms with Gasteiger partial charge in [0.05, 0.1) is 0 Å². The van der Waals surface area contributed by atoms with Gasteiger partial charge in [-0.2, -0.15) is 0 Å². The summed E-state index contributed by atoms with van der Waals surface area (Å²) in [6, 6.07) is 10.1. The summed E-state index contributed by atoms with van der Waals surface area (Å²) in [7, 11) is 0. The van der Waals surface area contributed by atoms with Crippen molar-refractivity contribution >= 4 is 5.91 Å². The van der Waals surface area contributed by atoms with Crippen LogP contribution in [0.4, 0.5) is 0 Å². The van der Waals surface area contributed by atoms with E-state index in [0.29, 0.717) is 12.2 Å². The highest BCUT2D eigenvalue weighted by molar-refractivity contribution is 5.94. The van der Waals surface area contributed by atoms with E-state index >= 15 is 0 Å². The van der Waals surface area contributed by atoms with Crippen molar-refractivity contribution < 1.29 is 4.79 Å². The van der Waals surface area contributed by atoms with E-state index in [1.54, 1.807) is 0 Å². The number of hydrogen-bond donors (Lipinski definition) is 2. The van der Waals surface area contributed by atoms with Crippen LogP contribution < -0.4 is 5.73 Å². The van der Waals surface area contributed by atoms with Crippen LogP contribution in [0, 0.1) is 6.92 Å². The Morgan fingerprint density at radius 1 is 1.27 bits per heavy atom. The molecule has 0 saturated carbocycles. The van der Waals surface area contributed by atoms with Gasteiger partial charge >= 0.3 is 0 Å². The molecule has 1 fully saturated rings. The third kappa shape index (κ3) is 3.04. The zero-order valence-electron chi connectivity index (χ0n) is 12.9. The van der Waals surface area contributed by atoms with Crippen molar-refractivity contribution in [3.05, 3.63) is 41.7 Å². The molecule has 2 heterocycles. The Morgan fingerprint density at radius 3 is 2.82 bits per heavy atom. The van der Waals surface area contributed by atoms with E-state index in [4.69, 9.17) is 5.73 Å². The number of carbonyl (C=O) groups excluding carboxylic acids is 1. The van der Waals surface area contributed by atoms with Gasteiger partial charge in [-0.3, -0.25) is 4.79 Å². The minimum Gasteiger partial charge on any atom is -0.341 e. The van der Waals surface area contributed by atoms with Crippen LogP contribution in [0.25, 0.3) is 11.4 Å². The Kier molecular flexibility index (Phi) is 4.24. The first kappa shape index (κ1) is 14.8. The lowest BCUT2D eigenvalue weighted by Crippen LogP contribution is -2.33. The van der Waals surface area contributed by atoms with Crippen LogP contribution in [0.5, 0.6) is 0 Å². The highest BCUT2D eigenvalue weighted by atomic mass is 16.2. The Balaban J connectivity index is 1.82. The summed E-state index contributed by atoms with van der Waals surface area (Å²) in [4.78, 5) is 22.4. The lowest BCUT2D eigenvalue weighted by molar-refractivity contribution is 0.0755. The molecule has 116 valence electrons. The molecule has 0 aliphatic carbocycles. The van der Waals surface area contributed by atoms with Gasteiger partial charge < -0.3 is 15.6 Å². The number of nitrogens with two attached hydrogens (primary N) is 1. The molecule has 0 radical (unpaired) electrons. The van der Waals surface area contributed by atoms with Crippen molar-refractivity contribution in [2.24, 2.45) is 5.73 Å². The standard InChI is InChI=1S/C17H22N4O/c1-12-15(17(22)21-10-5-8-14(18)9-11-21)20-16(19-12)13-6-3-2-4-7-13/h2-4,6-7,14H,5,8-11,18H2,1H3,(H,19,20). The summed E-state index contributed by atoms with van der Waals surface area (Å²) in [5.41, 5.74) is 8.31. The number of nitrogens with zero attached hydrogens (tertiary/aromatic N) is 2. The van der Waals surface area contributed by atoms with Crippen molar-refractivity contribution in [2.45, 2.75) is 32.2 Å². The topological polar surface area (TPSA) is 75.0 Å². The number of aryl methyl sites for hydroxylation is 1. The third-order valence-corrected chi connectivity index (χ3v) is 4.19. The maximum atomic E-state index is 12.7. The van der Waals surface area contributed by atoms with Gasteiger partial charge in [-0.15, -0.1) is 0 Å². The van der Waals surface area contributed by atoms with Crippen LogP contribution in [-0.2, 0) is 0 Å². The molecule has 1 aromatic heterocycles. The summed E-state index contributed by atoms with van der Waals surface area (Å²) in [6.07, 6.45) is 2.81. The third-order valence-electron chi connectivity index (χ3n) is 4.19. The molecular formula is C17H22N4O. The fraction of sp³-hybridized carbons (Fsp3) is 0.412. The number of likely N-dealkylation sites (tertiary alicyclic amines) is 1. The van der Waals surface area contributed by atoms with Gasteiger partial charge in [0.15, 0.2) is 0 Å². The summed E-state index contributed by atoms with van der Waals surface area (Å²) in [6.45, 7) is 3.38. The number of nitrogens with one attached hydrogen (secondary N) is 1. The first-order chi connectivity index (χ1) is 10.6. The number of aromatic amines is 1. The fourth-order valence-corrected chi connectivity index (χ4v) is 2.88. The predicted molar refractivity (Wildman–Crippen MR) is 86.5 cm³/mol. The first-order valence-electron chi connectivity index (χ1n) is 7.82. The number of aromatic nitrogens is 2.